The molecule has 0 unspecified atom stereocenters. The molecule has 2 bridgehead atoms. The molecule has 8 nitrogen and oxygen atoms in total. The average molecular weight is 590 g/mol. The fourth-order valence-corrected chi connectivity index (χ4v) is 9.39. The molecule has 5 rings (SSSR count). The van der Waals surface area contributed by atoms with Gasteiger partial charge in [0.05, 0.1) is 18.4 Å². The van der Waals surface area contributed by atoms with Crippen LogP contribution in [0.2, 0.25) is 0 Å². The summed E-state index contributed by atoms with van der Waals surface area (Å²) in [6.45, 7) is 5.95. The number of hydrogen-bond acceptors (Lipinski definition) is 6. The van der Waals surface area contributed by atoms with Crippen LogP contribution in [0.3, 0.4) is 0 Å². The highest BCUT2D eigenvalue weighted by Gasteiger charge is 2.48. The lowest BCUT2D eigenvalue weighted by molar-refractivity contribution is -0.0240. The van der Waals surface area contributed by atoms with E-state index in [2.05, 4.69) is 114 Å². The van der Waals surface area contributed by atoms with Crippen LogP contribution >= 0.6 is 7.26 Å². The maximum Gasteiger partial charge on any atom is 0.347 e. The molecule has 2 atom stereocenters. The van der Waals surface area contributed by atoms with Crippen molar-refractivity contribution in [2.45, 2.75) is 32.9 Å². The van der Waals surface area contributed by atoms with E-state index in [0.717, 1.165) is 0 Å². The molecule has 212 valence electrons. The van der Waals surface area contributed by atoms with Crippen LogP contribution in [-0.4, -0.2) is 47.6 Å². The fraction of sp³-hybridized carbons (Fsp3) is 0.226. The van der Waals surface area contributed by atoms with E-state index in [1.165, 1.54) is 20.8 Å². The highest BCUT2D eigenvalue weighted by Crippen LogP contribution is 2.56. The molecule has 3 aromatic carbocycles. The Morgan fingerprint density at radius 1 is 0.951 bits per heavy atom. The van der Waals surface area contributed by atoms with Crippen LogP contribution in [-0.2, 0) is 14.7 Å². The number of benzene rings is 3. The smallest absolute Gasteiger partial charge is 0.347 e. The lowest BCUT2D eigenvalue weighted by atomic mass is 9.91. The second-order valence-corrected chi connectivity index (χ2v) is 14.1. The van der Waals surface area contributed by atoms with Gasteiger partial charge in [0.25, 0.3) is 0 Å². The zero-order valence-corrected chi connectivity index (χ0v) is 24.8. The van der Waals surface area contributed by atoms with Crippen molar-refractivity contribution in [1.29, 1.82) is 5.26 Å². The van der Waals surface area contributed by atoms with E-state index in [1.54, 1.807) is 6.08 Å². The predicted molar refractivity (Wildman–Crippen MR) is 161 cm³/mol. The first-order valence-electron chi connectivity index (χ1n) is 13.2. The molecule has 1 saturated heterocycles. The second-order valence-electron chi connectivity index (χ2n) is 9.87. The minimum atomic E-state index is -5.03. The Morgan fingerprint density at radius 3 is 1.78 bits per heavy atom. The molecule has 10 heteroatoms. The second kappa shape index (κ2) is 12.8. The van der Waals surface area contributed by atoms with E-state index < -0.39 is 35.8 Å². The van der Waals surface area contributed by atoms with Crippen molar-refractivity contribution in [3.63, 3.8) is 0 Å². The maximum absolute atomic E-state index is 11.9. The highest BCUT2D eigenvalue weighted by molar-refractivity contribution is 7.98. The molecular weight excluding hydrogens is 557 g/mol. The minimum absolute atomic E-state index is 0.00523. The number of allylic oxidation sites excluding steroid dienone is 1. The molecule has 0 spiro atoms. The first-order valence-corrected chi connectivity index (χ1v) is 16.4. The Hall–Kier alpha value is -3.80. The molecule has 0 aromatic heterocycles. The van der Waals surface area contributed by atoms with E-state index in [9.17, 15) is 17.8 Å². The number of fused-ring (bicyclic) bond motifs is 2. The van der Waals surface area contributed by atoms with Gasteiger partial charge in [-0.15, -0.1) is 0 Å². The Morgan fingerprint density at radius 2 is 1.41 bits per heavy atom. The van der Waals surface area contributed by atoms with Crippen molar-refractivity contribution in [2.24, 2.45) is 5.92 Å². The number of amides is 2. The van der Waals surface area contributed by atoms with Gasteiger partial charge in [-0.2, -0.15) is 14.6 Å². The van der Waals surface area contributed by atoms with Crippen LogP contribution in [0.15, 0.2) is 115 Å². The normalized spacial score (nSPS) is 18.6. The number of nitrogens with zero attached hydrogens (tertiary/aromatic N) is 3. The number of hydroxylamine groups is 2. The monoisotopic (exact) mass is 589 g/mol. The zero-order chi connectivity index (χ0) is 29.6. The molecule has 1 fully saturated rings. The molecule has 0 radical (unpaired) electrons. The number of carbonyl (C=O) groups is 1. The molecule has 3 aromatic rings. The number of urea groups is 1. The van der Waals surface area contributed by atoms with Gasteiger partial charge in [-0.1, -0.05) is 74.5 Å². The summed E-state index contributed by atoms with van der Waals surface area (Å²) in [5.41, 5.74) is 0.706. The molecule has 2 amide bonds. The Kier molecular flexibility index (Phi) is 9.42. The van der Waals surface area contributed by atoms with Crippen molar-refractivity contribution in [1.82, 2.24) is 9.96 Å². The topological polar surface area (TPSA) is 114 Å². The molecular formula is C31H32N3O5PS. The third-order valence-corrected chi connectivity index (χ3v) is 11.4. The van der Waals surface area contributed by atoms with Crippen LogP contribution in [0.5, 0.6) is 0 Å². The lowest BCUT2D eigenvalue weighted by Crippen LogP contribution is -2.38. The number of carbonyl (C=O) groups excluding carboxylic acids is 1. The van der Waals surface area contributed by atoms with Crippen molar-refractivity contribution in [2.75, 3.05) is 6.54 Å². The molecule has 0 aliphatic carbocycles. The zero-order valence-electron chi connectivity index (χ0n) is 23.1. The molecule has 0 saturated carbocycles. The Balaban J connectivity index is 0.000000191. The molecule has 2 aliphatic heterocycles. The van der Waals surface area contributed by atoms with E-state index in [1.807, 2.05) is 19.9 Å². The van der Waals surface area contributed by atoms with Gasteiger partial charge in [-0.05, 0) is 60.9 Å². The third kappa shape index (κ3) is 6.42. The summed E-state index contributed by atoms with van der Waals surface area (Å²) in [7, 11) is -6.77. The average Bonchev–Trinajstić information content (AvgIpc) is 3.23. The van der Waals surface area contributed by atoms with Gasteiger partial charge in [0.1, 0.15) is 35.3 Å². The van der Waals surface area contributed by atoms with Gasteiger partial charge in [0.2, 0.25) is 10.4 Å². The van der Waals surface area contributed by atoms with Gasteiger partial charge >= 0.3 is 6.03 Å². The van der Waals surface area contributed by atoms with Crippen molar-refractivity contribution in [3.05, 3.63) is 115 Å². The number of rotatable bonds is 7. The maximum atomic E-state index is 11.9. The van der Waals surface area contributed by atoms with Gasteiger partial charge in [-0.25, -0.2) is 13.2 Å². The SMILES string of the molecule is C/C=C/[P+](c1ccccc1)(c1ccccc1)c1ccccc1.CC(C)C1=C[C@@H](C#N)N2C[C@@H]1N(OS(=O)(=O)[O-])C2=O. The van der Waals surface area contributed by atoms with E-state index in [4.69, 9.17) is 5.26 Å². The van der Waals surface area contributed by atoms with Crippen LogP contribution < -0.4 is 15.9 Å². The molecule has 41 heavy (non-hydrogen) atoms. The minimum Gasteiger partial charge on any atom is -0.724 e. The third-order valence-electron chi connectivity index (χ3n) is 6.99. The summed E-state index contributed by atoms with van der Waals surface area (Å²) in [4.78, 5) is 13.1. The summed E-state index contributed by atoms with van der Waals surface area (Å²) in [6, 6.07) is 32.4. The summed E-state index contributed by atoms with van der Waals surface area (Å²) in [5, 5.41) is 13.7. The number of nitriles is 1. The largest absolute Gasteiger partial charge is 0.724 e. The van der Waals surface area contributed by atoms with E-state index in [-0.39, 0.29) is 12.5 Å². The summed E-state index contributed by atoms with van der Waals surface area (Å²) in [5.74, 6) is 2.40. The van der Waals surface area contributed by atoms with Gasteiger partial charge in [0.15, 0.2) is 0 Å². The highest BCUT2D eigenvalue weighted by atomic mass is 32.3. The quantitative estimate of drug-likeness (QED) is 0.174. The number of hydrogen-bond donors (Lipinski definition) is 0. The summed E-state index contributed by atoms with van der Waals surface area (Å²) in [6.07, 6.45) is 3.80. The van der Waals surface area contributed by atoms with Gasteiger partial charge < -0.3 is 9.45 Å². The van der Waals surface area contributed by atoms with Crippen LogP contribution in [0, 0.1) is 17.2 Å². The van der Waals surface area contributed by atoms with Crippen molar-refractivity contribution >= 4 is 39.6 Å². The van der Waals surface area contributed by atoms with Gasteiger partial charge in [0, 0.05) is 0 Å². The standard InChI is InChI=1S/C21H20P.C10H13N3O5S/c1-2-18-22(19-12-6-3-7-13-19,20-14-8-4-9-15-20)21-16-10-5-11-17-21;1-6(2)8-3-7(4-11)12-5-9(8)13(10(12)14)18-19(15,16)17/h2-18H,1H3;3,6-7,9H,5H2,1-2H3,(H,15,16,17)/q+1;/p-1/b18-2+;/t;7-,9-/m.0/s1. The summed E-state index contributed by atoms with van der Waals surface area (Å²) < 4.78 is 36.2. The lowest BCUT2D eigenvalue weighted by Gasteiger charge is -2.28. The molecule has 2 aliphatic rings. The fourth-order valence-electron chi connectivity index (χ4n) is 5.24. The van der Waals surface area contributed by atoms with Crippen LogP contribution in [0.25, 0.3) is 0 Å². The predicted octanol–water partition coefficient (Wildman–Crippen LogP) is 4.49. The van der Waals surface area contributed by atoms with Crippen LogP contribution in [0.1, 0.15) is 20.8 Å². The van der Waals surface area contributed by atoms with Gasteiger partial charge in [-0.3, -0.25) is 0 Å². The first-order chi connectivity index (χ1) is 19.6. The van der Waals surface area contributed by atoms with Crippen molar-refractivity contribution < 1.29 is 22.0 Å². The first kappa shape index (κ1) is 30.2. The van der Waals surface area contributed by atoms with Crippen molar-refractivity contribution in [3.8, 4) is 6.07 Å². The molecule has 2 heterocycles. The van der Waals surface area contributed by atoms with Crippen LogP contribution in [0.4, 0.5) is 4.79 Å². The summed E-state index contributed by atoms with van der Waals surface area (Å²) >= 11 is 0. The molecule has 0 N–H and O–H groups in total. The Bertz CT molecular complexity index is 1460. The van der Waals surface area contributed by atoms with E-state index in [0.29, 0.717) is 10.6 Å². The Labute approximate surface area is 242 Å². The van der Waals surface area contributed by atoms with E-state index >= 15 is 0 Å².